The number of aryl methyl sites for hydroxylation is 1. The summed E-state index contributed by atoms with van der Waals surface area (Å²) in [7, 11) is 3.49. The van der Waals surface area contributed by atoms with Crippen LogP contribution in [-0.4, -0.2) is 68.1 Å². The molecule has 0 radical (unpaired) electrons. The maximum atomic E-state index is 11.7. The van der Waals surface area contributed by atoms with Gasteiger partial charge in [-0.3, -0.25) is 4.79 Å². The van der Waals surface area contributed by atoms with E-state index in [9.17, 15) is 4.79 Å². The van der Waals surface area contributed by atoms with Gasteiger partial charge in [0.25, 0.3) is 0 Å². The topological polar surface area (TPSA) is 72.9 Å². The number of pyridine rings is 1. The number of piperidine rings is 1. The summed E-state index contributed by atoms with van der Waals surface area (Å²) in [6.07, 6.45) is 2.03. The van der Waals surface area contributed by atoms with Gasteiger partial charge in [-0.25, -0.2) is 9.98 Å². The van der Waals surface area contributed by atoms with E-state index in [-0.39, 0.29) is 12.5 Å². The molecule has 25 heavy (non-hydrogen) atoms. The number of nitrogens with zero attached hydrogens (tertiary/aromatic N) is 4. The summed E-state index contributed by atoms with van der Waals surface area (Å²) in [5, 5.41) is 6.67. The Kier molecular flexibility index (Phi) is 7.03. The normalized spacial score (nSPS) is 15.8. The second-order valence-corrected chi connectivity index (χ2v) is 6.53. The van der Waals surface area contributed by atoms with Crippen molar-refractivity contribution < 1.29 is 4.79 Å². The zero-order valence-electron chi connectivity index (χ0n) is 15.7. The Balaban J connectivity index is 1.88. The van der Waals surface area contributed by atoms with Crippen LogP contribution in [0.15, 0.2) is 23.2 Å². The lowest BCUT2D eigenvalue weighted by Gasteiger charge is -2.34. The number of carbonyl (C=O) groups excluding carboxylic acids is 1. The van der Waals surface area contributed by atoms with Crippen molar-refractivity contribution in [2.45, 2.75) is 32.7 Å². The summed E-state index contributed by atoms with van der Waals surface area (Å²) in [5.41, 5.74) is 1.05. The fourth-order valence-corrected chi connectivity index (χ4v) is 2.76. The lowest BCUT2D eigenvalue weighted by molar-refractivity contribution is -0.127. The van der Waals surface area contributed by atoms with Crippen molar-refractivity contribution in [1.82, 2.24) is 20.5 Å². The molecule has 0 bridgehead atoms. The van der Waals surface area contributed by atoms with Gasteiger partial charge < -0.3 is 20.4 Å². The molecule has 2 N–H and O–H groups in total. The molecule has 1 aromatic heterocycles. The number of aliphatic imine (C=N–C) groups is 1. The van der Waals surface area contributed by atoms with Gasteiger partial charge in [-0.15, -0.1) is 0 Å². The molecule has 1 aliphatic rings. The van der Waals surface area contributed by atoms with E-state index in [1.807, 2.05) is 19.9 Å². The van der Waals surface area contributed by atoms with Crippen molar-refractivity contribution in [1.29, 1.82) is 0 Å². The van der Waals surface area contributed by atoms with Gasteiger partial charge >= 0.3 is 0 Å². The summed E-state index contributed by atoms with van der Waals surface area (Å²) >= 11 is 0. The van der Waals surface area contributed by atoms with Gasteiger partial charge in [0.15, 0.2) is 5.96 Å². The molecule has 0 aromatic carbocycles. The van der Waals surface area contributed by atoms with Gasteiger partial charge in [-0.2, -0.15) is 0 Å². The molecule has 1 fully saturated rings. The second-order valence-electron chi connectivity index (χ2n) is 6.53. The third-order valence-electron chi connectivity index (χ3n) is 4.25. The van der Waals surface area contributed by atoms with Crippen molar-refractivity contribution in [3.05, 3.63) is 23.9 Å². The quantitative estimate of drug-likeness (QED) is 0.615. The van der Waals surface area contributed by atoms with Crippen LogP contribution in [0.1, 0.15) is 25.5 Å². The van der Waals surface area contributed by atoms with Crippen LogP contribution in [0.5, 0.6) is 0 Å². The van der Waals surface area contributed by atoms with E-state index in [0.29, 0.717) is 12.0 Å². The van der Waals surface area contributed by atoms with Crippen LogP contribution in [0.3, 0.4) is 0 Å². The first kappa shape index (κ1) is 19.0. The Morgan fingerprint density at radius 1 is 1.36 bits per heavy atom. The third-order valence-corrected chi connectivity index (χ3v) is 4.25. The number of nitrogens with one attached hydrogen (secondary N) is 2. The van der Waals surface area contributed by atoms with E-state index >= 15 is 0 Å². The Morgan fingerprint density at radius 2 is 2.08 bits per heavy atom. The highest BCUT2D eigenvalue weighted by molar-refractivity contribution is 5.84. The van der Waals surface area contributed by atoms with Crippen molar-refractivity contribution in [3.63, 3.8) is 0 Å². The maximum absolute atomic E-state index is 11.7. The number of hydrogen-bond acceptors (Lipinski definition) is 4. The van der Waals surface area contributed by atoms with Gasteiger partial charge in [-0.05, 0) is 38.8 Å². The molecule has 0 spiro atoms. The van der Waals surface area contributed by atoms with Crippen LogP contribution >= 0.6 is 0 Å². The van der Waals surface area contributed by atoms with E-state index in [4.69, 9.17) is 0 Å². The van der Waals surface area contributed by atoms with Crippen LogP contribution < -0.4 is 15.5 Å². The van der Waals surface area contributed by atoms with E-state index in [2.05, 4.69) is 37.6 Å². The molecule has 0 saturated carbocycles. The van der Waals surface area contributed by atoms with Crippen LogP contribution in [0.4, 0.5) is 5.82 Å². The predicted octanol–water partition coefficient (Wildman–Crippen LogP) is 1.00. The van der Waals surface area contributed by atoms with Crippen molar-refractivity contribution in [2.75, 3.05) is 45.2 Å². The van der Waals surface area contributed by atoms with Crippen LogP contribution in [0, 0.1) is 6.92 Å². The number of anilines is 1. The number of rotatable bonds is 5. The monoisotopic (exact) mass is 346 g/mol. The minimum Gasteiger partial charge on any atom is -0.357 e. The molecule has 0 atom stereocenters. The Labute approximate surface area is 150 Å². The molecule has 138 valence electrons. The molecule has 2 rings (SSSR count). The molecule has 2 heterocycles. The first-order valence-corrected chi connectivity index (χ1v) is 8.93. The maximum Gasteiger partial charge on any atom is 0.243 e. The Morgan fingerprint density at radius 3 is 2.68 bits per heavy atom. The number of aromatic nitrogens is 1. The van der Waals surface area contributed by atoms with Gasteiger partial charge in [0.1, 0.15) is 12.4 Å². The Hall–Kier alpha value is -2.31. The minimum absolute atomic E-state index is 0.00227. The summed E-state index contributed by atoms with van der Waals surface area (Å²) < 4.78 is 0. The highest BCUT2D eigenvalue weighted by Gasteiger charge is 2.21. The first-order chi connectivity index (χ1) is 12.0. The van der Waals surface area contributed by atoms with Crippen LogP contribution in [0.2, 0.25) is 0 Å². The highest BCUT2D eigenvalue weighted by atomic mass is 16.2. The second kappa shape index (κ2) is 9.25. The zero-order valence-corrected chi connectivity index (χ0v) is 15.7. The molecule has 1 aliphatic heterocycles. The van der Waals surface area contributed by atoms with Crippen LogP contribution in [-0.2, 0) is 4.79 Å². The minimum atomic E-state index is -0.00227. The van der Waals surface area contributed by atoms with Crippen molar-refractivity contribution >= 4 is 17.7 Å². The van der Waals surface area contributed by atoms with E-state index in [1.165, 1.54) is 0 Å². The lowest BCUT2D eigenvalue weighted by atomic mass is 10.1. The summed E-state index contributed by atoms with van der Waals surface area (Å²) in [5.74, 6) is 1.76. The fourth-order valence-electron chi connectivity index (χ4n) is 2.76. The molecule has 0 unspecified atom stereocenters. The number of carbonyl (C=O) groups is 1. The van der Waals surface area contributed by atoms with Crippen molar-refractivity contribution in [3.8, 4) is 0 Å². The average Bonchev–Trinajstić information content (AvgIpc) is 2.60. The molecule has 7 heteroatoms. The van der Waals surface area contributed by atoms with Gasteiger partial charge in [-0.1, -0.05) is 6.07 Å². The van der Waals surface area contributed by atoms with Crippen molar-refractivity contribution in [2.24, 2.45) is 4.99 Å². The molecule has 7 nitrogen and oxygen atoms in total. The Bertz CT molecular complexity index is 593. The number of guanidine groups is 1. The lowest BCUT2D eigenvalue weighted by Crippen LogP contribution is -2.49. The molecule has 0 aliphatic carbocycles. The van der Waals surface area contributed by atoms with Crippen LogP contribution in [0.25, 0.3) is 0 Å². The molecule has 1 amide bonds. The smallest absolute Gasteiger partial charge is 0.243 e. The highest BCUT2D eigenvalue weighted by Crippen LogP contribution is 2.18. The molecular formula is C18H30N6O. The number of likely N-dealkylation sites (N-methyl/N-ethyl adjacent to an activating group) is 1. The number of hydrogen-bond donors (Lipinski definition) is 2. The van der Waals surface area contributed by atoms with Gasteiger partial charge in [0.2, 0.25) is 5.91 Å². The van der Waals surface area contributed by atoms with Gasteiger partial charge in [0, 0.05) is 45.5 Å². The first-order valence-electron chi connectivity index (χ1n) is 8.93. The van der Waals surface area contributed by atoms with E-state index < -0.39 is 0 Å². The SMILES string of the molecule is CCNC(=NCC(=O)N(C)C)NC1CCN(c2cccc(C)n2)CC1. The van der Waals surface area contributed by atoms with E-state index in [1.54, 1.807) is 19.0 Å². The predicted molar refractivity (Wildman–Crippen MR) is 102 cm³/mol. The summed E-state index contributed by atoms with van der Waals surface area (Å²) in [6, 6.07) is 6.50. The van der Waals surface area contributed by atoms with Gasteiger partial charge in [0.05, 0.1) is 0 Å². The summed E-state index contributed by atoms with van der Waals surface area (Å²) in [4.78, 5) is 24.6. The van der Waals surface area contributed by atoms with E-state index in [0.717, 1.165) is 44.0 Å². The number of amides is 1. The fraction of sp³-hybridized carbons (Fsp3) is 0.611. The molecule has 1 aromatic rings. The molecular weight excluding hydrogens is 316 g/mol. The average molecular weight is 346 g/mol. The standard InChI is InChI=1S/C18H30N6O/c1-5-19-18(20-13-17(25)23(3)4)22-15-9-11-24(12-10-15)16-8-6-7-14(2)21-16/h6-8,15H,5,9-13H2,1-4H3,(H2,19,20,22). The largest absolute Gasteiger partial charge is 0.357 e. The third kappa shape index (κ3) is 5.92. The molecule has 1 saturated heterocycles. The zero-order chi connectivity index (χ0) is 18.2. The summed E-state index contributed by atoms with van der Waals surface area (Å²) in [6.45, 7) is 6.90.